The second-order valence-corrected chi connectivity index (χ2v) is 6.95. The molecule has 1 rings (SSSR count). The van der Waals surface area contributed by atoms with Gasteiger partial charge in [-0.3, -0.25) is 4.79 Å². The lowest BCUT2D eigenvalue weighted by Gasteiger charge is -2.36. The third-order valence-electron chi connectivity index (χ3n) is 4.65. The third-order valence-corrected chi connectivity index (χ3v) is 4.65. The Balaban J connectivity index is 2.37. The number of amides is 1. The lowest BCUT2D eigenvalue weighted by Crippen LogP contribution is -2.44. The minimum atomic E-state index is 0.0985. The normalized spacial score (nSPS) is 25.1. The molecule has 3 nitrogen and oxygen atoms in total. The number of ether oxygens (including phenoxy) is 1. The number of hydrogen-bond donors (Lipinski definition) is 1. The van der Waals surface area contributed by atoms with E-state index in [1.54, 1.807) is 6.92 Å². The van der Waals surface area contributed by atoms with E-state index in [-0.39, 0.29) is 5.91 Å². The molecule has 0 aromatic rings. The maximum atomic E-state index is 11.4. The summed E-state index contributed by atoms with van der Waals surface area (Å²) in [6.45, 7) is 6.12. The fraction of sp³-hybridized carbons (Fsp3) is 0.947. The average molecular weight is 312 g/mol. The molecule has 3 atom stereocenters. The van der Waals surface area contributed by atoms with Crippen LogP contribution in [0.4, 0.5) is 0 Å². The fourth-order valence-electron chi connectivity index (χ4n) is 3.49. The fourth-order valence-corrected chi connectivity index (χ4v) is 3.49. The van der Waals surface area contributed by atoms with Crippen LogP contribution in [0.25, 0.3) is 0 Å². The first-order chi connectivity index (χ1) is 10.7. The summed E-state index contributed by atoms with van der Waals surface area (Å²) in [5, 5.41) is 3.13. The molecule has 1 aliphatic rings. The number of rotatable bonds is 11. The van der Waals surface area contributed by atoms with E-state index in [9.17, 15) is 4.79 Å². The van der Waals surface area contributed by atoms with Crippen molar-refractivity contribution in [2.75, 3.05) is 0 Å². The second-order valence-electron chi connectivity index (χ2n) is 6.95. The van der Waals surface area contributed by atoms with E-state index in [0.29, 0.717) is 18.2 Å². The number of carbonyl (C=O) groups is 1. The minimum absolute atomic E-state index is 0.0985. The van der Waals surface area contributed by atoms with E-state index >= 15 is 0 Å². The average Bonchev–Trinajstić information content (AvgIpc) is 2.47. The molecule has 130 valence electrons. The zero-order valence-corrected chi connectivity index (χ0v) is 15.0. The van der Waals surface area contributed by atoms with E-state index in [1.807, 2.05) is 0 Å². The van der Waals surface area contributed by atoms with Gasteiger partial charge >= 0.3 is 0 Å². The van der Waals surface area contributed by atoms with Crippen LogP contribution < -0.4 is 5.32 Å². The van der Waals surface area contributed by atoms with Gasteiger partial charge in [-0.2, -0.15) is 0 Å². The van der Waals surface area contributed by atoms with Crippen LogP contribution in [-0.2, 0) is 9.53 Å². The third kappa shape index (κ3) is 8.77. The summed E-state index contributed by atoms with van der Waals surface area (Å²) in [6.07, 6.45) is 15.3. The van der Waals surface area contributed by atoms with Gasteiger partial charge in [0.05, 0.1) is 12.2 Å². The summed E-state index contributed by atoms with van der Waals surface area (Å²) in [6, 6.07) is 0.318. The van der Waals surface area contributed by atoms with Crippen LogP contribution in [0.5, 0.6) is 0 Å². The van der Waals surface area contributed by atoms with Crippen molar-refractivity contribution in [2.45, 2.75) is 116 Å². The van der Waals surface area contributed by atoms with E-state index < -0.39 is 0 Å². The largest absolute Gasteiger partial charge is 0.375 e. The van der Waals surface area contributed by atoms with Crippen molar-refractivity contribution < 1.29 is 9.53 Å². The minimum Gasteiger partial charge on any atom is -0.375 e. The predicted octanol–water partition coefficient (Wildman–Crippen LogP) is 4.98. The zero-order valence-electron chi connectivity index (χ0n) is 15.0. The molecular weight excluding hydrogens is 274 g/mol. The predicted molar refractivity (Wildman–Crippen MR) is 93.0 cm³/mol. The highest BCUT2D eigenvalue weighted by atomic mass is 16.5. The smallest absolute Gasteiger partial charge is 0.217 e. The van der Waals surface area contributed by atoms with Crippen LogP contribution in [0, 0.1) is 0 Å². The summed E-state index contributed by atoms with van der Waals surface area (Å²) in [7, 11) is 0. The Hall–Kier alpha value is -0.570. The SMILES string of the molecule is CCCCCC[C@@H]1CC(NC(C)=O)C[C@H](CCCCCC)O1. The van der Waals surface area contributed by atoms with E-state index in [0.717, 1.165) is 25.7 Å². The zero-order chi connectivity index (χ0) is 16.2. The van der Waals surface area contributed by atoms with E-state index in [1.165, 1.54) is 51.4 Å². The molecule has 0 aromatic heterocycles. The monoisotopic (exact) mass is 311 g/mol. The van der Waals surface area contributed by atoms with E-state index in [2.05, 4.69) is 19.2 Å². The Bertz CT molecular complexity index is 273. The summed E-state index contributed by atoms with van der Waals surface area (Å²) < 4.78 is 6.31. The van der Waals surface area contributed by atoms with Crippen molar-refractivity contribution >= 4 is 5.91 Å². The topological polar surface area (TPSA) is 38.3 Å². The van der Waals surface area contributed by atoms with Gasteiger partial charge in [-0.05, 0) is 25.7 Å². The first-order valence-electron chi connectivity index (χ1n) is 9.58. The molecule has 1 aliphatic heterocycles. The molecule has 0 aromatic carbocycles. The van der Waals surface area contributed by atoms with Crippen molar-refractivity contribution in [3.63, 3.8) is 0 Å². The molecule has 0 radical (unpaired) electrons. The Morgan fingerprint density at radius 1 is 0.909 bits per heavy atom. The first-order valence-corrected chi connectivity index (χ1v) is 9.58. The Morgan fingerprint density at radius 2 is 1.41 bits per heavy atom. The van der Waals surface area contributed by atoms with Crippen LogP contribution in [0.15, 0.2) is 0 Å². The summed E-state index contributed by atoms with van der Waals surface area (Å²) >= 11 is 0. The van der Waals surface area contributed by atoms with Gasteiger partial charge in [0.2, 0.25) is 5.91 Å². The van der Waals surface area contributed by atoms with Gasteiger partial charge in [-0.1, -0.05) is 65.2 Å². The lowest BCUT2D eigenvalue weighted by molar-refractivity contribution is -0.122. The van der Waals surface area contributed by atoms with Gasteiger partial charge in [0.15, 0.2) is 0 Å². The van der Waals surface area contributed by atoms with Crippen LogP contribution in [0.2, 0.25) is 0 Å². The number of hydrogen-bond acceptors (Lipinski definition) is 2. The van der Waals surface area contributed by atoms with Crippen molar-refractivity contribution in [1.29, 1.82) is 0 Å². The summed E-state index contributed by atoms with van der Waals surface area (Å²) in [5.74, 6) is 0.0985. The van der Waals surface area contributed by atoms with Crippen LogP contribution in [0.3, 0.4) is 0 Å². The number of unbranched alkanes of at least 4 members (excludes halogenated alkanes) is 6. The Kier molecular flexibility index (Phi) is 10.6. The molecule has 0 spiro atoms. The quantitative estimate of drug-likeness (QED) is 0.546. The molecule has 1 amide bonds. The first kappa shape index (κ1) is 19.5. The van der Waals surface area contributed by atoms with E-state index in [4.69, 9.17) is 4.74 Å². The van der Waals surface area contributed by atoms with Crippen LogP contribution in [-0.4, -0.2) is 24.2 Å². The second kappa shape index (κ2) is 11.9. The molecule has 0 saturated carbocycles. The van der Waals surface area contributed by atoms with Gasteiger partial charge in [-0.25, -0.2) is 0 Å². The van der Waals surface area contributed by atoms with Gasteiger partial charge in [0.1, 0.15) is 0 Å². The Labute approximate surface area is 137 Å². The maximum Gasteiger partial charge on any atom is 0.217 e. The molecule has 0 aliphatic carbocycles. The summed E-state index contributed by atoms with van der Waals surface area (Å²) in [4.78, 5) is 11.4. The van der Waals surface area contributed by atoms with Crippen molar-refractivity contribution in [3.05, 3.63) is 0 Å². The molecule has 3 heteroatoms. The number of nitrogens with one attached hydrogen (secondary N) is 1. The lowest BCUT2D eigenvalue weighted by atomic mass is 9.92. The van der Waals surface area contributed by atoms with Gasteiger partial charge in [0, 0.05) is 13.0 Å². The standard InChI is InChI=1S/C19H37NO2/c1-4-6-8-10-12-18-14-17(20-16(3)21)15-19(22-18)13-11-9-7-5-2/h17-19H,4-15H2,1-3H3,(H,20,21)/t17?,18-,19+. The van der Waals surface area contributed by atoms with Crippen LogP contribution >= 0.6 is 0 Å². The highest BCUT2D eigenvalue weighted by Gasteiger charge is 2.29. The molecule has 0 bridgehead atoms. The highest BCUT2D eigenvalue weighted by Crippen LogP contribution is 2.26. The van der Waals surface area contributed by atoms with Crippen molar-refractivity contribution in [3.8, 4) is 0 Å². The molecule has 1 fully saturated rings. The molecule has 1 N–H and O–H groups in total. The van der Waals surface area contributed by atoms with Crippen molar-refractivity contribution in [1.82, 2.24) is 5.32 Å². The molecule has 1 saturated heterocycles. The van der Waals surface area contributed by atoms with Gasteiger partial charge in [-0.15, -0.1) is 0 Å². The molecule has 22 heavy (non-hydrogen) atoms. The Morgan fingerprint density at radius 3 is 1.82 bits per heavy atom. The van der Waals surface area contributed by atoms with Gasteiger partial charge in [0.25, 0.3) is 0 Å². The summed E-state index contributed by atoms with van der Waals surface area (Å²) in [5.41, 5.74) is 0. The van der Waals surface area contributed by atoms with Gasteiger partial charge < -0.3 is 10.1 Å². The molecular formula is C19H37NO2. The molecule has 1 heterocycles. The number of carbonyl (C=O) groups excluding carboxylic acids is 1. The van der Waals surface area contributed by atoms with Crippen molar-refractivity contribution in [2.24, 2.45) is 0 Å². The maximum absolute atomic E-state index is 11.4. The van der Waals surface area contributed by atoms with Crippen LogP contribution in [0.1, 0.15) is 97.8 Å². The molecule has 1 unspecified atom stereocenters. The highest BCUT2D eigenvalue weighted by molar-refractivity contribution is 5.73.